The Hall–Kier alpha value is -2.95. The number of H-pyrrole nitrogens is 1. The molecule has 5 N–H and O–H groups in total. The predicted molar refractivity (Wildman–Crippen MR) is 81.8 cm³/mol. The standard InChI is InChI=1S/C15H14N4O/c16-11-1-3-12(4-2-11)18-15(20)19-13-5-6-14-10(9-13)7-8-17-14/h1-9,17H,16H2,(H2,18,19,20). The van der Waals surface area contributed by atoms with Gasteiger partial charge in [-0.25, -0.2) is 4.79 Å². The Bertz CT molecular complexity index is 746. The third-order valence-corrected chi connectivity index (χ3v) is 2.98. The lowest BCUT2D eigenvalue weighted by Crippen LogP contribution is -2.19. The number of aromatic amines is 1. The van der Waals surface area contributed by atoms with Crippen molar-refractivity contribution in [3.8, 4) is 0 Å². The third kappa shape index (κ3) is 2.56. The number of fused-ring (bicyclic) bond motifs is 1. The molecule has 0 aliphatic rings. The highest BCUT2D eigenvalue weighted by Crippen LogP contribution is 2.18. The first kappa shape index (κ1) is 12.1. The van der Waals surface area contributed by atoms with Gasteiger partial charge in [-0.3, -0.25) is 0 Å². The molecule has 1 heterocycles. The van der Waals surface area contributed by atoms with Crippen LogP contribution in [0.4, 0.5) is 21.9 Å². The Morgan fingerprint density at radius 3 is 2.45 bits per heavy atom. The van der Waals surface area contributed by atoms with Gasteiger partial charge in [-0.15, -0.1) is 0 Å². The number of hydrogen-bond acceptors (Lipinski definition) is 2. The molecule has 0 unspecified atom stereocenters. The molecule has 3 rings (SSSR count). The second kappa shape index (κ2) is 4.97. The minimum absolute atomic E-state index is 0.287. The topological polar surface area (TPSA) is 82.9 Å². The number of carbonyl (C=O) groups excluding carboxylic acids is 1. The number of hydrogen-bond donors (Lipinski definition) is 4. The number of nitrogens with one attached hydrogen (secondary N) is 3. The van der Waals surface area contributed by atoms with Crippen LogP contribution in [0.25, 0.3) is 10.9 Å². The number of urea groups is 1. The van der Waals surface area contributed by atoms with Crippen LogP contribution in [0.2, 0.25) is 0 Å². The maximum atomic E-state index is 11.9. The van der Waals surface area contributed by atoms with E-state index in [4.69, 9.17) is 5.73 Å². The number of nitrogen functional groups attached to an aromatic ring is 1. The van der Waals surface area contributed by atoms with Crippen LogP contribution < -0.4 is 16.4 Å². The van der Waals surface area contributed by atoms with Crippen molar-refractivity contribution < 1.29 is 4.79 Å². The normalized spacial score (nSPS) is 10.4. The molecular formula is C15H14N4O. The fraction of sp³-hybridized carbons (Fsp3) is 0. The van der Waals surface area contributed by atoms with Crippen molar-refractivity contribution >= 4 is 34.0 Å². The molecule has 0 bridgehead atoms. The lowest BCUT2D eigenvalue weighted by atomic mass is 10.2. The first-order valence-electron chi connectivity index (χ1n) is 6.21. The minimum Gasteiger partial charge on any atom is -0.399 e. The molecule has 0 spiro atoms. The second-order valence-corrected chi connectivity index (χ2v) is 4.48. The molecule has 0 aliphatic heterocycles. The molecule has 0 fully saturated rings. The summed E-state index contributed by atoms with van der Waals surface area (Å²) in [5.41, 5.74) is 8.72. The smallest absolute Gasteiger partial charge is 0.323 e. The summed E-state index contributed by atoms with van der Waals surface area (Å²) in [5.74, 6) is 0. The van der Waals surface area contributed by atoms with Gasteiger partial charge in [-0.2, -0.15) is 0 Å². The van der Waals surface area contributed by atoms with Crippen LogP contribution in [0, 0.1) is 0 Å². The van der Waals surface area contributed by atoms with E-state index in [1.165, 1.54) is 0 Å². The predicted octanol–water partition coefficient (Wildman–Crippen LogP) is 3.39. The van der Waals surface area contributed by atoms with Gasteiger partial charge in [0, 0.05) is 34.2 Å². The highest BCUT2D eigenvalue weighted by atomic mass is 16.2. The quantitative estimate of drug-likeness (QED) is 0.536. The Kier molecular flexibility index (Phi) is 3.01. The highest BCUT2D eigenvalue weighted by Gasteiger charge is 2.03. The van der Waals surface area contributed by atoms with Crippen LogP contribution in [-0.2, 0) is 0 Å². The van der Waals surface area contributed by atoms with E-state index in [9.17, 15) is 4.79 Å². The average Bonchev–Trinajstić information content (AvgIpc) is 2.89. The van der Waals surface area contributed by atoms with Crippen molar-refractivity contribution in [2.75, 3.05) is 16.4 Å². The van der Waals surface area contributed by atoms with Gasteiger partial charge in [-0.1, -0.05) is 0 Å². The molecule has 5 nitrogen and oxygen atoms in total. The van der Waals surface area contributed by atoms with E-state index < -0.39 is 0 Å². The third-order valence-electron chi connectivity index (χ3n) is 2.98. The number of carbonyl (C=O) groups is 1. The van der Waals surface area contributed by atoms with Gasteiger partial charge in [-0.05, 0) is 48.5 Å². The Morgan fingerprint density at radius 1 is 0.950 bits per heavy atom. The summed E-state index contributed by atoms with van der Waals surface area (Å²) < 4.78 is 0. The van der Waals surface area contributed by atoms with Crippen LogP contribution >= 0.6 is 0 Å². The van der Waals surface area contributed by atoms with Crippen LogP contribution in [-0.4, -0.2) is 11.0 Å². The molecule has 5 heteroatoms. The second-order valence-electron chi connectivity index (χ2n) is 4.48. The lowest BCUT2D eigenvalue weighted by Gasteiger charge is -2.08. The Labute approximate surface area is 115 Å². The molecule has 2 aromatic carbocycles. The zero-order valence-electron chi connectivity index (χ0n) is 10.7. The van der Waals surface area contributed by atoms with E-state index in [2.05, 4.69) is 15.6 Å². The molecule has 0 saturated carbocycles. The number of aromatic nitrogens is 1. The Balaban J connectivity index is 1.70. The van der Waals surface area contributed by atoms with Crippen molar-refractivity contribution in [3.63, 3.8) is 0 Å². The van der Waals surface area contributed by atoms with E-state index in [0.717, 1.165) is 16.6 Å². The summed E-state index contributed by atoms with van der Waals surface area (Å²) >= 11 is 0. The summed E-state index contributed by atoms with van der Waals surface area (Å²) in [6.07, 6.45) is 1.86. The molecule has 3 aromatic rings. The molecule has 1 aromatic heterocycles. The van der Waals surface area contributed by atoms with Gasteiger partial charge < -0.3 is 21.4 Å². The number of rotatable bonds is 2. The number of nitrogens with two attached hydrogens (primary N) is 1. The molecule has 0 atom stereocenters. The summed E-state index contributed by atoms with van der Waals surface area (Å²) in [6.45, 7) is 0. The van der Waals surface area contributed by atoms with Crippen LogP contribution in [0.15, 0.2) is 54.7 Å². The van der Waals surface area contributed by atoms with Crippen LogP contribution in [0.1, 0.15) is 0 Å². The van der Waals surface area contributed by atoms with E-state index in [1.54, 1.807) is 24.3 Å². The Morgan fingerprint density at radius 2 is 1.65 bits per heavy atom. The van der Waals surface area contributed by atoms with E-state index >= 15 is 0 Å². The molecule has 0 radical (unpaired) electrons. The van der Waals surface area contributed by atoms with Crippen molar-refractivity contribution in [3.05, 3.63) is 54.7 Å². The lowest BCUT2D eigenvalue weighted by molar-refractivity contribution is 0.262. The minimum atomic E-state index is -0.287. The molecular weight excluding hydrogens is 252 g/mol. The van der Waals surface area contributed by atoms with E-state index in [1.807, 2.05) is 30.5 Å². The van der Waals surface area contributed by atoms with Crippen molar-refractivity contribution in [1.29, 1.82) is 0 Å². The molecule has 20 heavy (non-hydrogen) atoms. The maximum absolute atomic E-state index is 11.9. The summed E-state index contributed by atoms with van der Waals surface area (Å²) in [6, 6.07) is 14.3. The maximum Gasteiger partial charge on any atom is 0.323 e. The number of anilines is 3. The monoisotopic (exact) mass is 266 g/mol. The van der Waals surface area contributed by atoms with Gasteiger partial charge >= 0.3 is 6.03 Å². The van der Waals surface area contributed by atoms with Crippen molar-refractivity contribution in [1.82, 2.24) is 4.98 Å². The largest absolute Gasteiger partial charge is 0.399 e. The van der Waals surface area contributed by atoms with Gasteiger partial charge in [0.25, 0.3) is 0 Å². The van der Waals surface area contributed by atoms with E-state index in [0.29, 0.717) is 11.4 Å². The average molecular weight is 266 g/mol. The van der Waals surface area contributed by atoms with Crippen LogP contribution in [0.3, 0.4) is 0 Å². The zero-order chi connectivity index (χ0) is 13.9. The molecule has 0 aliphatic carbocycles. The van der Waals surface area contributed by atoms with Gasteiger partial charge in [0.15, 0.2) is 0 Å². The van der Waals surface area contributed by atoms with Gasteiger partial charge in [0.2, 0.25) is 0 Å². The van der Waals surface area contributed by atoms with Gasteiger partial charge in [0.05, 0.1) is 0 Å². The molecule has 0 saturated heterocycles. The zero-order valence-corrected chi connectivity index (χ0v) is 10.7. The summed E-state index contributed by atoms with van der Waals surface area (Å²) in [7, 11) is 0. The van der Waals surface area contributed by atoms with Crippen LogP contribution in [0.5, 0.6) is 0 Å². The molecule has 100 valence electrons. The molecule has 2 amide bonds. The fourth-order valence-corrected chi connectivity index (χ4v) is 1.99. The van der Waals surface area contributed by atoms with Gasteiger partial charge in [0.1, 0.15) is 0 Å². The number of amides is 2. The summed E-state index contributed by atoms with van der Waals surface area (Å²) in [5, 5.41) is 6.59. The number of benzene rings is 2. The first-order chi connectivity index (χ1) is 9.70. The SMILES string of the molecule is Nc1ccc(NC(=O)Nc2ccc3[nH]ccc3c2)cc1. The summed E-state index contributed by atoms with van der Waals surface area (Å²) in [4.78, 5) is 15.0. The highest BCUT2D eigenvalue weighted by molar-refractivity contribution is 6.01. The van der Waals surface area contributed by atoms with Crippen molar-refractivity contribution in [2.24, 2.45) is 0 Å². The van der Waals surface area contributed by atoms with E-state index in [-0.39, 0.29) is 6.03 Å². The van der Waals surface area contributed by atoms with Crippen molar-refractivity contribution in [2.45, 2.75) is 0 Å². The fourth-order valence-electron chi connectivity index (χ4n) is 1.99. The first-order valence-corrected chi connectivity index (χ1v) is 6.21.